The molecule has 18 heavy (non-hydrogen) atoms. The quantitative estimate of drug-likeness (QED) is 0.721. The van der Waals surface area contributed by atoms with Gasteiger partial charge < -0.3 is 4.74 Å². The number of hydrogen-bond acceptors (Lipinski definition) is 5. The maximum atomic E-state index is 12.0. The summed E-state index contributed by atoms with van der Waals surface area (Å²) in [5, 5.41) is 4.34. The molecule has 0 unspecified atom stereocenters. The molecule has 0 amide bonds. The number of aromatic nitrogens is 4. The van der Waals surface area contributed by atoms with E-state index in [9.17, 15) is 9.59 Å². The number of hydrogen-bond donors (Lipinski definition) is 0. The van der Waals surface area contributed by atoms with Gasteiger partial charge in [0.05, 0.1) is 12.3 Å². The highest BCUT2D eigenvalue weighted by Gasteiger charge is 2.12. The lowest BCUT2D eigenvalue weighted by molar-refractivity contribution is -0.148. The van der Waals surface area contributed by atoms with Gasteiger partial charge >= 0.3 is 5.97 Å². The van der Waals surface area contributed by atoms with E-state index in [0.29, 0.717) is 11.0 Å². The van der Waals surface area contributed by atoms with Gasteiger partial charge in [0.25, 0.3) is 5.56 Å². The van der Waals surface area contributed by atoms with Crippen LogP contribution in [-0.4, -0.2) is 31.4 Å². The van der Waals surface area contributed by atoms with Crippen LogP contribution in [0.1, 0.15) is 13.8 Å². The number of nitrogens with zero attached hydrogens (tertiary/aromatic N) is 4. The second-order valence-corrected chi connectivity index (χ2v) is 4.22. The van der Waals surface area contributed by atoms with E-state index in [1.54, 1.807) is 20.9 Å². The summed E-state index contributed by atoms with van der Waals surface area (Å²) in [5.74, 6) is -0.461. The van der Waals surface area contributed by atoms with Gasteiger partial charge in [-0.3, -0.25) is 18.8 Å². The Morgan fingerprint density at radius 2 is 2.22 bits per heavy atom. The van der Waals surface area contributed by atoms with Crippen molar-refractivity contribution in [1.82, 2.24) is 19.3 Å². The summed E-state index contributed by atoms with van der Waals surface area (Å²) in [7, 11) is 1.70. The van der Waals surface area contributed by atoms with Crippen molar-refractivity contribution in [2.24, 2.45) is 7.05 Å². The highest BCUT2D eigenvalue weighted by atomic mass is 16.5. The van der Waals surface area contributed by atoms with Gasteiger partial charge in [0, 0.05) is 7.05 Å². The first-order valence-corrected chi connectivity index (χ1v) is 5.55. The minimum Gasteiger partial charge on any atom is -0.462 e. The lowest BCUT2D eigenvalue weighted by Crippen LogP contribution is -2.26. The van der Waals surface area contributed by atoms with Gasteiger partial charge in [0.2, 0.25) is 0 Å². The van der Waals surface area contributed by atoms with E-state index in [4.69, 9.17) is 4.74 Å². The second-order valence-electron chi connectivity index (χ2n) is 4.22. The van der Waals surface area contributed by atoms with Crippen molar-refractivity contribution < 1.29 is 9.53 Å². The lowest BCUT2D eigenvalue weighted by atomic mass is 10.4. The lowest BCUT2D eigenvalue weighted by Gasteiger charge is -2.08. The molecule has 0 atom stereocenters. The molecular weight excluding hydrogens is 236 g/mol. The molecule has 0 spiro atoms. The van der Waals surface area contributed by atoms with Gasteiger partial charge in [-0.15, -0.1) is 0 Å². The Labute approximate surface area is 103 Å². The molecule has 96 valence electrons. The van der Waals surface area contributed by atoms with Crippen molar-refractivity contribution in [3.63, 3.8) is 0 Å². The first-order chi connectivity index (χ1) is 8.49. The molecule has 0 fully saturated rings. The summed E-state index contributed by atoms with van der Waals surface area (Å²) in [6.07, 6.45) is 2.56. The van der Waals surface area contributed by atoms with Crippen molar-refractivity contribution in [2.75, 3.05) is 0 Å². The summed E-state index contributed by atoms with van der Waals surface area (Å²) in [6, 6.07) is 0. The summed E-state index contributed by atoms with van der Waals surface area (Å²) >= 11 is 0. The second kappa shape index (κ2) is 4.59. The minimum atomic E-state index is -0.461. The molecule has 7 nitrogen and oxygen atoms in total. The first kappa shape index (κ1) is 12.3. The Balaban J connectivity index is 2.32. The van der Waals surface area contributed by atoms with Crippen LogP contribution in [0.25, 0.3) is 11.0 Å². The fourth-order valence-electron chi connectivity index (χ4n) is 1.62. The zero-order valence-corrected chi connectivity index (χ0v) is 10.5. The number of esters is 1. The third-order valence-corrected chi connectivity index (χ3v) is 2.38. The number of fused-ring (bicyclic) bond motifs is 1. The Morgan fingerprint density at radius 3 is 2.89 bits per heavy atom. The fourth-order valence-corrected chi connectivity index (χ4v) is 1.62. The van der Waals surface area contributed by atoms with Gasteiger partial charge in [0.1, 0.15) is 18.3 Å². The van der Waals surface area contributed by atoms with E-state index >= 15 is 0 Å². The minimum absolute atomic E-state index is 0.144. The molecule has 0 N–H and O–H groups in total. The molecule has 0 radical (unpaired) electrons. The van der Waals surface area contributed by atoms with Gasteiger partial charge in [-0.1, -0.05) is 0 Å². The number of aryl methyl sites for hydroxylation is 1. The molecule has 2 rings (SSSR count). The topological polar surface area (TPSA) is 79.0 Å². The summed E-state index contributed by atoms with van der Waals surface area (Å²) in [5.41, 5.74) is 0.197. The number of carbonyl (C=O) groups is 1. The van der Waals surface area contributed by atoms with Crippen molar-refractivity contribution in [2.45, 2.75) is 26.5 Å². The van der Waals surface area contributed by atoms with Crippen LogP contribution in [0.5, 0.6) is 0 Å². The number of carbonyl (C=O) groups excluding carboxylic acids is 1. The van der Waals surface area contributed by atoms with Crippen LogP contribution >= 0.6 is 0 Å². The zero-order chi connectivity index (χ0) is 13.3. The molecule has 0 saturated carbocycles. The van der Waals surface area contributed by atoms with E-state index in [0.717, 1.165) is 0 Å². The monoisotopic (exact) mass is 250 g/mol. The van der Waals surface area contributed by atoms with Gasteiger partial charge in [0.15, 0.2) is 5.65 Å². The summed E-state index contributed by atoms with van der Waals surface area (Å²) in [4.78, 5) is 27.6. The normalized spacial score (nSPS) is 11.1. The van der Waals surface area contributed by atoms with Crippen molar-refractivity contribution in [3.8, 4) is 0 Å². The average Bonchev–Trinajstić information content (AvgIpc) is 2.64. The van der Waals surface area contributed by atoms with Crippen molar-refractivity contribution in [3.05, 3.63) is 22.9 Å². The highest BCUT2D eigenvalue weighted by molar-refractivity contribution is 5.74. The molecule has 0 aliphatic heterocycles. The number of ether oxygens (including phenoxy) is 1. The highest BCUT2D eigenvalue weighted by Crippen LogP contribution is 2.03. The SMILES string of the molecule is CC(C)OC(=O)Cn1cnc2c(cnn2C)c1=O. The maximum absolute atomic E-state index is 12.0. The van der Waals surface area contributed by atoms with Gasteiger partial charge in [-0.25, -0.2) is 4.98 Å². The van der Waals surface area contributed by atoms with E-state index in [2.05, 4.69) is 10.1 Å². The fraction of sp³-hybridized carbons (Fsp3) is 0.455. The molecule has 0 aliphatic carbocycles. The van der Waals surface area contributed by atoms with Crippen LogP contribution in [0.4, 0.5) is 0 Å². The Morgan fingerprint density at radius 1 is 1.50 bits per heavy atom. The summed E-state index contributed by atoms with van der Waals surface area (Å²) < 4.78 is 7.70. The van der Waals surface area contributed by atoms with Crippen molar-refractivity contribution in [1.29, 1.82) is 0 Å². The number of rotatable bonds is 3. The van der Waals surface area contributed by atoms with Crippen LogP contribution in [0.3, 0.4) is 0 Å². The predicted octanol–water partition coefficient (Wildman–Crippen LogP) is 0.0816. The zero-order valence-electron chi connectivity index (χ0n) is 10.5. The van der Waals surface area contributed by atoms with Gasteiger partial charge in [-0.05, 0) is 13.8 Å². The van der Waals surface area contributed by atoms with E-state index in [1.165, 1.54) is 21.8 Å². The van der Waals surface area contributed by atoms with Crippen LogP contribution < -0.4 is 5.56 Å². The molecule has 7 heteroatoms. The third kappa shape index (κ3) is 2.24. The third-order valence-electron chi connectivity index (χ3n) is 2.38. The maximum Gasteiger partial charge on any atom is 0.326 e. The smallest absolute Gasteiger partial charge is 0.326 e. The Kier molecular flexibility index (Phi) is 3.14. The predicted molar refractivity (Wildman–Crippen MR) is 64.0 cm³/mol. The van der Waals surface area contributed by atoms with Crippen LogP contribution in [0, 0.1) is 0 Å². The standard InChI is InChI=1S/C11H14N4O3/c1-7(2)18-9(16)5-15-6-12-10-8(11(15)17)4-13-14(10)3/h4,6-7H,5H2,1-3H3. The van der Waals surface area contributed by atoms with E-state index < -0.39 is 5.97 Å². The van der Waals surface area contributed by atoms with Gasteiger partial charge in [-0.2, -0.15) is 5.10 Å². The Bertz CT molecular complexity index is 641. The van der Waals surface area contributed by atoms with E-state index in [-0.39, 0.29) is 18.2 Å². The molecule has 0 aliphatic rings. The van der Waals surface area contributed by atoms with E-state index in [1.807, 2.05) is 0 Å². The first-order valence-electron chi connectivity index (χ1n) is 5.55. The molecule has 2 aromatic rings. The van der Waals surface area contributed by atoms with Crippen LogP contribution in [0.2, 0.25) is 0 Å². The largest absolute Gasteiger partial charge is 0.462 e. The Hall–Kier alpha value is -2.18. The molecule has 0 saturated heterocycles. The molecule has 0 aromatic carbocycles. The van der Waals surface area contributed by atoms with Crippen molar-refractivity contribution >= 4 is 17.0 Å². The molecule has 0 bridgehead atoms. The molecular formula is C11H14N4O3. The average molecular weight is 250 g/mol. The van der Waals surface area contributed by atoms with Crippen LogP contribution in [-0.2, 0) is 23.1 Å². The molecule has 2 heterocycles. The van der Waals surface area contributed by atoms with Crippen LogP contribution in [0.15, 0.2) is 17.3 Å². The summed E-state index contributed by atoms with van der Waals surface area (Å²) in [6.45, 7) is 3.36. The molecule has 2 aromatic heterocycles.